The standard InChI is InChI=1S/2C22H40O4.2Zn/c2*1-2-3-4-5-6-7-8-9-10-11-12-13-14-15-16-17-18-20(22(25)26)19-21(23)24;;/h2*19H,2-18H2,1H3,(H,23,24)(H,25,26);;/q;;2*+2/p-4/b2*20-19-;;. The average Bonchev–Trinajstić information content (AvgIpc) is 3.10. The van der Waals surface area contributed by atoms with Crippen LogP contribution in [-0.4, -0.2) is 23.9 Å². The molecule has 0 bridgehead atoms. The quantitative estimate of drug-likeness (QED) is 0.0342. The number of carboxylic acids is 4. The molecule has 0 N–H and O–H groups in total. The van der Waals surface area contributed by atoms with Crippen LogP contribution in [0.2, 0.25) is 0 Å². The summed E-state index contributed by atoms with van der Waals surface area (Å²) < 4.78 is 0. The summed E-state index contributed by atoms with van der Waals surface area (Å²) in [6.07, 6.45) is 41.9. The molecule has 0 unspecified atom stereocenters. The molecule has 0 aromatic heterocycles. The maximum absolute atomic E-state index is 10.8. The first-order chi connectivity index (χ1) is 25.1. The minimum absolute atomic E-state index is 0. The summed E-state index contributed by atoms with van der Waals surface area (Å²) >= 11 is 0. The van der Waals surface area contributed by atoms with Gasteiger partial charge in [0.2, 0.25) is 0 Å². The van der Waals surface area contributed by atoms with Crippen LogP contribution in [0.15, 0.2) is 23.3 Å². The number of hydrogen-bond acceptors (Lipinski definition) is 8. The van der Waals surface area contributed by atoms with Gasteiger partial charge in [0, 0.05) is 0 Å². The third-order valence-corrected chi connectivity index (χ3v) is 9.71. The van der Waals surface area contributed by atoms with E-state index in [2.05, 4.69) is 13.8 Å². The van der Waals surface area contributed by atoms with Crippen LogP contribution in [0.5, 0.6) is 0 Å². The Morgan fingerprint density at radius 1 is 0.315 bits per heavy atom. The van der Waals surface area contributed by atoms with E-state index in [0.29, 0.717) is 25.0 Å². The van der Waals surface area contributed by atoms with Gasteiger partial charge in [-0.2, -0.15) is 0 Å². The first kappa shape index (κ1) is 59.3. The van der Waals surface area contributed by atoms with E-state index >= 15 is 0 Å². The third-order valence-electron chi connectivity index (χ3n) is 9.71. The summed E-state index contributed by atoms with van der Waals surface area (Å²) in [5, 5.41) is 42.3. The molecular formula is C44H76O8Zn2. The predicted octanol–water partition coefficient (Wildman–Crippen LogP) is 8.12. The zero-order chi connectivity index (χ0) is 38.9. The van der Waals surface area contributed by atoms with Crippen molar-refractivity contribution in [3.63, 3.8) is 0 Å². The molecule has 0 aliphatic heterocycles. The molecule has 0 radical (unpaired) electrons. The molecule has 0 saturated carbocycles. The predicted molar refractivity (Wildman–Crippen MR) is 205 cm³/mol. The summed E-state index contributed by atoms with van der Waals surface area (Å²) in [4.78, 5) is 42.3. The van der Waals surface area contributed by atoms with Gasteiger partial charge in [-0.1, -0.05) is 206 Å². The van der Waals surface area contributed by atoms with Crippen molar-refractivity contribution in [1.82, 2.24) is 0 Å². The van der Waals surface area contributed by atoms with Gasteiger partial charge in [0.05, 0.1) is 23.9 Å². The van der Waals surface area contributed by atoms with E-state index in [1.807, 2.05) is 0 Å². The number of unbranched alkanes of at least 4 members (excludes halogenated alkanes) is 30. The van der Waals surface area contributed by atoms with Crippen molar-refractivity contribution >= 4 is 23.9 Å². The Balaban J connectivity index is -0.000000446. The van der Waals surface area contributed by atoms with Crippen molar-refractivity contribution in [2.45, 2.75) is 232 Å². The third kappa shape index (κ3) is 48.6. The van der Waals surface area contributed by atoms with Gasteiger partial charge in [-0.25, -0.2) is 0 Å². The van der Waals surface area contributed by atoms with Gasteiger partial charge in [0.15, 0.2) is 0 Å². The molecule has 0 aliphatic carbocycles. The van der Waals surface area contributed by atoms with Crippen molar-refractivity contribution in [2.24, 2.45) is 0 Å². The van der Waals surface area contributed by atoms with E-state index in [1.54, 1.807) is 0 Å². The average molecular weight is 864 g/mol. The van der Waals surface area contributed by atoms with Crippen LogP contribution < -0.4 is 20.4 Å². The molecule has 10 heteroatoms. The molecular weight excluding hydrogens is 787 g/mol. The van der Waals surface area contributed by atoms with Crippen LogP contribution >= 0.6 is 0 Å². The van der Waals surface area contributed by atoms with Gasteiger partial charge in [0.25, 0.3) is 0 Å². The number of hydrogen-bond donors (Lipinski definition) is 0. The summed E-state index contributed by atoms with van der Waals surface area (Å²) in [6.45, 7) is 4.51. The van der Waals surface area contributed by atoms with E-state index in [9.17, 15) is 39.6 Å². The fourth-order valence-corrected chi connectivity index (χ4v) is 6.48. The molecule has 0 fully saturated rings. The van der Waals surface area contributed by atoms with Gasteiger partial charge in [-0.15, -0.1) is 0 Å². The zero-order valence-electron chi connectivity index (χ0n) is 34.9. The summed E-state index contributed by atoms with van der Waals surface area (Å²) in [5.41, 5.74) is -0.342. The maximum atomic E-state index is 10.8. The van der Waals surface area contributed by atoms with Crippen LogP contribution in [0.1, 0.15) is 232 Å². The van der Waals surface area contributed by atoms with Crippen LogP contribution in [0, 0.1) is 0 Å². The Labute approximate surface area is 356 Å². The van der Waals surface area contributed by atoms with Gasteiger partial charge < -0.3 is 39.6 Å². The van der Waals surface area contributed by atoms with Crippen LogP contribution in [-0.2, 0) is 58.1 Å². The van der Waals surface area contributed by atoms with Crippen LogP contribution in [0.4, 0.5) is 0 Å². The van der Waals surface area contributed by atoms with E-state index in [-0.39, 0.29) is 62.9 Å². The second-order valence-electron chi connectivity index (χ2n) is 14.7. The first-order valence-corrected chi connectivity index (χ1v) is 21.4. The van der Waals surface area contributed by atoms with Gasteiger partial charge in [-0.05, 0) is 49.0 Å². The molecule has 0 aromatic carbocycles. The molecule has 0 rings (SSSR count). The Hall–Kier alpha value is -1.39. The van der Waals surface area contributed by atoms with E-state index in [1.165, 1.54) is 167 Å². The zero-order valence-corrected chi connectivity index (χ0v) is 40.8. The number of carbonyl (C=O) groups is 4. The smallest absolute Gasteiger partial charge is 0.545 e. The molecule has 0 atom stereocenters. The Morgan fingerprint density at radius 3 is 0.630 bits per heavy atom. The van der Waals surface area contributed by atoms with Gasteiger partial charge in [0.1, 0.15) is 0 Å². The van der Waals surface area contributed by atoms with Crippen LogP contribution in [0.25, 0.3) is 0 Å². The van der Waals surface area contributed by atoms with Crippen molar-refractivity contribution in [3.05, 3.63) is 23.3 Å². The number of aliphatic carboxylic acids is 4. The largest absolute Gasteiger partial charge is 2.00 e. The second-order valence-corrected chi connectivity index (χ2v) is 14.7. The summed E-state index contributed by atoms with van der Waals surface area (Å²) in [5.74, 6) is -5.76. The first-order valence-electron chi connectivity index (χ1n) is 21.4. The summed E-state index contributed by atoms with van der Waals surface area (Å²) in [7, 11) is 0. The molecule has 54 heavy (non-hydrogen) atoms. The number of carbonyl (C=O) groups excluding carboxylic acids is 4. The Bertz CT molecular complexity index is 862. The molecule has 0 saturated heterocycles. The molecule has 304 valence electrons. The number of carboxylic acid groups (broad SMARTS) is 4. The molecule has 0 spiro atoms. The fraction of sp³-hybridized carbons (Fsp3) is 0.818. The van der Waals surface area contributed by atoms with Crippen molar-refractivity contribution in [2.75, 3.05) is 0 Å². The maximum Gasteiger partial charge on any atom is 2.00 e. The summed E-state index contributed by atoms with van der Waals surface area (Å²) in [6, 6.07) is 0. The fourth-order valence-electron chi connectivity index (χ4n) is 6.48. The van der Waals surface area contributed by atoms with E-state index in [4.69, 9.17) is 0 Å². The Kier molecular flexibility index (Phi) is 52.4. The topological polar surface area (TPSA) is 161 Å². The Morgan fingerprint density at radius 2 is 0.481 bits per heavy atom. The molecule has 0 amide bonds. The molecule has 8 nitrogen and oxygen atoms in total. The van der Waals surface area contributed by atoms with Gasteiger partial charge >= 0.3 is 39.0 Å². The molecule has 0 heterocycles. The minimum atomic E-state index is -1.47. The van der Waals surface area contributed by atoms with E-state index < -0.39 is 23.9 Å². The monoisotopic (exact) mass is 860 g/mol. The molecule has 0 aromatic rings. The van der Waals surface area contributed by atoms with Gasteiger partial charge in [-0.3, -0.25) is 0 Å². The minimum Gasteiger partial charge on any atom is -0.545 e. The number of rotatable bonds is 38. The SMILES string of the molecule is CCCCCCCCCCCCCCCCCC/C(=C/C(=O)[O-])C(=O)[O-].CCCCCCCCCCCCCCCCCC/C(=C/C(=O)[O-])C(=O)[O-].[Zn+2].[Zn+2]. The van der Waals surface area contributed by atoms with E-state index in [0.717, 1.165) is 25.7 Å². The normalized spacial score (nSPS) is 11.2. The van der Waals surface area contributed by atoms with Crippen molar-refractivity contribution in [3.8, 4) is 0 Å². The van der Waals surface area contributed by atoms with Crippen molar-refractivity contribution in [1.29, 1.82) is 0 Å². The van der Waals surface area contributed by atoms with Crippen molar-refractivity contribution < 1.29 is 78.6 Å². The molecule has 0 aliphatic rings. The second kappa shape index (κ2) is 47.8. The van der Waals surface area contributed by atoms with Crippen LogP contribution in [0.3, 0.4) is 0 Å².